The van der Waals surface area contributed by atoms with E-state index in [4.69, 9.17) is 0 Å². The van der Waals surface area contributed by atoms with E-state index in [9.17, 15) is 4.79 Å². The van der Waals surface area contributed by atoms with Gasteiger partial charge in [-0.3, -0.25) is 9.69 Å². The third kappa shape index (κ3) is 5.16. The molecule has 1 aliphatic heterocycles. The summed E-state index contributed by atoms with van der Waals surface area (Å²) in [7, 11) is 0. The predicted molar refractivity (Wildman–Crippen MR) is 87.3 cm³/mol. The summed E-state index contributed by atoms with van der Waals surface area (Å²) in [4.78, 5) is 14.7. The number of nitrogens with one attached hydrogen (secondary N) is 1. The van der Waals surface area contributed by atoms with E-state index in [1.54, 1.807) is 0 Å². The number of rotatable bonds is 7. The van der Waals surface area contributed by atoms with Gasteiger partial charge in [-0.1, -0.05) is 43.7 Å². The van der Waals surface area contributed by atoms with Gasteiger partial charge in [0.25, 0.3) is 0 Å². The molecule has 1 saturated heterocycles. The topological polar surface area (TPSA) is 32.3 Å². The number of benzene rings is 1. The van der Waals surface area contributed by atoms with Gasteiger partial charge in [-0.15, -0.1) is 0 Å². The Balaban J connectivity index is 1.70. The molecule has 1 aromatic carbocycles. The smallest absolute Gasteiger partial charge is 0.237 e. The van der Waals surface area contributed by atoms with Crippen LogP contribution in [0.1, 0.15) is 44.6 Å². The fourth-order valence-electron chi connectivity index (χ4n) is 3.11. The molecule has 0 spiro atoms. The Morgan fingerprint density at radius 1 is 1.29 bits per heavy atom. The fourth-order valence-corrected chi connectivity index (χ4v) is 3.11. The molecule has 3 heteroatoms. The summed E-state index contributed by atoms with van der Waals surface area (Å²) in [5.41, 5.74) is 1.34. The van der Waals surface area contributed by atoms with Crippen molar-refractivity contribution in [2.75, 3.05) is 19.6 Å². The second-order valence-electron chi connectivity index (χ2n) is 5.93. The molecule has 0 aromatic heterocycles. The highest BCUT2D eigenvalue weighted by Gasteiger charge is 2.27. The van der Waals surface area contributed by atoms with Gasteiger partial charge in [0.2, 0.25) is 5.91 Å². The van der Waals surface area contributed by atoms with Gasteiger partial charge in [0.15, 0.2) is 0 Å². The number of likely N-dealkylation sites (tertiary alicyclic amines) is 1. The van der Waals surface area contributed by atoms with Crippen molar-refractivity contribution in [1.82, 2.24) is 10.2 Å². The quantitative estimate of drug-likeness (QED) is 0.782. The molecule has 1 aliphatic rings. The van der Waals surface area contributed by atoms with Gasteiger partial charge in [-0.2, -0.15) is 0 Å². The van der Waals surface area contributed by atoms with E-state index in [0.29, 0.717) is 0 Å². The molecule has 1 unspecified atom stereocenters. The van der Waals surface area contributed by atoms with Crippen LogP contribution in [0.5, 0.6) is 0 Å². The van der Waals surface area contributed by atoms with Gasteiger partial charge in [0.05, 0.1) is 6.04 Å². The summed E-state index contributed by atoms with van der Waals surface area (Å²) in [5.74, 6) is 0.233. The van der Waals surface area contributed by atoms with E-state index < -0.39 is 0 Å². The first-order valence-electron chi connectivity index (χ1n) is 8.37. The van der Waals surface area contributed by atoms with E-state index in [-0.39, 0.29) is 11.9 Å². The number of carbonyl (C=O) groups is 1. The third-order valence-corrected chi connectivity index (χ3v) is 4.21. The van der Waals surface area contributed by atoms with Gasteiger partial charge >= 0.3 is 0 Å². The normalized spacial score (nSPS) is 19.4. The number of aryl methyl sites for hydroxylation is 1. The largest absolute Gasteiger partial charge is 0.355 e. The Bertz CT molecular complexity index is 416. The predicted octanol–water partition coefficient (Wildman–Crippen LogP) is 3.00. The number of hydrogen-bond donors (Lipinski definition) is 1. The molecule has 1 N–H and O–H groups in total. The number of carbonyl (C=O) groups excluding carboxylic acids is 1. The van der Waals surface area contributed by atoms with E-state index in [2.05, 4.69) is 41.4 Å². The Labute approximate surface area is 128 Å². The molecule has 0 radical (unpaired) electrons. The van der Waals surface area contributed by atoms with Crippen molar-refractivity contribution in [3.8, 4) is 0 Å². The lowest BCUT2D eigenvalue weighted by atomic mass is 10.0. The van der Waals surface area contributed by atoms with Crippen LogP contribution < -0.4 is 5.32 Å². The lowest BCUT2D eigenvalue weighted by molar-refractivity contribution is -0.127. The SMILES string of the molecule is CCCN1CCCCC1C(=O)NCCCc1ccccc1. The molecule has 21 heavy (non-hydrogen) atoms. The molecule has 3 nitrogen and oxygen atoms in total. The first-order valence-corrected chi connectivity index (χ1v) is 8.37. The molecule has 1 fully saturated rings. The Morgan fingerprint density at radius 2 is 2.10 bits per heavy atom. The van der Waals surface area contributed by atoms with Gasteiger partial charge in [-0.25, -0.2) is 0 Å². The number of piperidine rings is 1. The molecule has 2 rings (SSSR count). The first-order chi connectivity index (χ1) is 10.3. The Hall–Kier alpha value is -1.35. The number of nitrogens with zero attached hydrogens (tertiary/aromatic N) is 1. The summed E-state index contributed by atoms with van der Waals surface area (Å²) in [5, 5.41) is 3.13. The van der Waals surface area contributed by atoms with E-state index in [1.165, 1.54) is 18.4 Å². The van der Waals surface area contributed by atoms with Gasteiger partial charge in [0.1, 0.15) is 0 Å². The van der Waals surface area contributed by atoms with Crippen molar-refractivity contribution in [1.29, 1.82) is 0 Å². The van der Waals surface area contributed by atoms with E-state index >= 15 is 0 Å². The summed E-state index contributed by atoms with van der Waals surface area (Å²) in [6.07, 6.45) is 6.60. The van der Waals surface area contributed by atoms with Gasteiger partial charge in [-0.05, 0) is 50.8 Å². The van der Waals surface area contributed by atoms with Crippen molar-refractivity contribution in [2.45, 2.75) is 51.5 Å². The maximum Gasteiger partial charge on any atom is 0.237 e. The Kier molecular flexibility index (Phi) is 6.74. The minimum Gasteiger partial charge on any atom is -0.355 e. The molecule has 1 amide bonds. The minimum absolute atomic E-state index is 0.107. The molecule has 1 atom stereocenters. The zero-order valence-corrected chi connectivity index (χ0v) is 13.2. The summed E-state index contributed by atoms with van der Waals surface area (Å²) in [6, 6.07) is 10.6. The zero-order valence-electron chi connectivity index (χ0n) is 13.2. The van der Waals surface area contributed by atoms with Crippen molar-refractivity contribution in [2.24, 2.45) is 0 Å². The molecular weight excluding hydrogens is 260 g/mol. The Morgan fingerprint density at radius 3 is 2.86 bits per heavy atom. The van der Waals surface area contributed by atoms with Crippen LogP contribution in [0, 0.1) is 0 Å². The lowest BCUT2D eigenvalue weighted by Gasteiger charge is -2.34. The van der Waals surface area contributed by atoms with Crippen LogP contribution in [0.2, 0.25) is 0 Å². The second kappa shape index (κ2) is 8.83. The van der Waals surface area contributed by atoms with Crippen LogP contribution >= 0.6 is 0 Å². The average molecular weight is 288 g/mol. The van der Waals surface area contributed by atoms with Crippen molar-refractivity contribution >= 4 is 5.91 Å². The van der Waals surface area contributed by atoms with Gasteiger partial charge < -0.3 is 5.32 Å². The molecule has 116 valence electrons. The minimum atomic E-state index is 0.107. The maximum absolute atomic E-state index is 12.3. The standard InChI is InChI=1S/C18H28N2O/c1-2-14-20-15-7-6-12-17(20)18(21)19-13-8-11-16-9-4-3-5-10-16/h3-5,9-10,17H,2,6-8,11-15H2,1H3,(H,19,21). The number of hydrogen-bond acceptors (Lipinski definition) is 2. The number of amides is 1. The highest BCUT2D eigenvalue weighted by molar-refractivity contribution is 5.81. The van der Waals surface area contributed by atoms with Crippen LogP contribution in [0.15, 0.2) is 30.3 Å². The molecular formula is C18H28N2O. The maximum atomic E-state index is 12.3. The van der Waals surface area contributed by atoms with Crippen LogP contribution in [0.3, 0.4) is 0 Å². The van der Waals surface area contributed by atoms with Crippen LogP contribution in [0.25, 0.3) is 0 Å². The third-order valence-electron chi connectivity index (χ3n) is 4.21. The van der Waals surface area contributed by atoms with E-state index in [1.807, 2.05) is 6.07 Å². The molecule has 1 heterocycles. The summed E-state index contributed by atoms with van der Waals surface area (Å²) in [6.45, 7) is 5.09. The van der Waals surface area contributed by atoms with Crippen molar-refractivity contribution < 1.29 is 4.79 Å². The zero-order chi connectivity index (χ0) is 14.9. The van der Waals surface area contributed by atoms with Crippen LogP contribution in [-0.2, 0) is 11.2 Å². The fraction of sp³-hybridized carbons (Fsp3) is 0.611. The molecule has 0 aliphatic carbocycles. The van der Waals surface area contributed by atoms with Crippen molar-refractivity contribution in [3.05, 3.63) is 35.9 Å². The molecule has 0 saturated carbocycles. The molecule has 1 aromatic rings. The molecule has 0 bridgehead atoms. The summed E-state index contributed by atoms with van der Waals surface area (Å²) >= 11 is 0. The average Bonchev–Trinajstić information content (AvgIpc) is 2.53. The van der Waals surface area contributed by atoms with E-state index in [0.717, 1.165) is 45.3 Å². The first kappa shape index (κ1) is 16.0. The summed E-state index contributed by atoms with van der Waals surface area (Å²) < 4.78 is 0. The van der Waals surface area contributed by atoms with Crippen LogP contribution in [0.4, 0.5) is 0 Å². The highest BCUT2D eigenvalue weighted by atomic mass is 16.2. The monoisotopic (exact) mass is 288 g/mol. The van der Waals surface area contributed by atoms with Crippen LogP contribution in [-0.4, -0.2) is 36.5 Å². The van der Waals surface area contributed by atoms with Crippen molar-refractivity contribution in [3.63, 3.8) is 0 Å². The van der Waals surface area contributed by atoms with Gasteiger partial charge in [0, 0.05) is 6.54 Å². The lowest BCUT2D eigenvalue weighted by Crippen LogP contribution is -2.49. The second-order valence-corrected chi connectivity index (χ2v) is 5.93. The highest BCUT2D eigenvalue weighted by Crippen LogP contribution is 2.17.